The number of aromatic nitrogens is 2. The van der Waals surface area contributed by atoms with E-state index in [1.165, 1.54) is 13.2 Å². The number of thiazole rings is 1. The molecule has 2 aromatic carbocycles. The van der Waals surface area contributed by atoms with Gasteiger partial charge in [-0.25, -0.2) is 9.37 Å². The van der Waals surface area contributed by atoms with Crippen LogP contribution in [0.1, 0.15) is 0 Å². The fraction of sp³-hybridized carbons (Fsp3) is 0.0625. The summed E-state index contributed by atoms with van der Waals surface area (Å²) in [5.41, 5.74) is 2.58. The van der Waals surface area contributed by atoms with E-state index in [0.717, 1.165) is 30.9 Å². The number of ether oxygens (including phenoxy) is 1. The summed E-state index contributed by atoms with van der Waals surface area (Å²) in [6.07, 6.45) is 1.93. The van der Waals surface area contributed by atoms with Crippen LogP contribution in [0.25, 0.3) is 26.4 Å². The molecule has 0 saturated carbocycles. The van der Waals surface area contributed by atoms with Crippen molar-refractivity contribution in [3.05, 3.63) is 52.9 Å². The van der Waals surface area contributed by atoms with Crippen molar-refractivity contribution in [1.82, 2.24) is 9.38 Å². The van der Waals surface area contributed by atoms with Gasteiger partial charge in [0.05, 0.1) is 23.0 Å². The topological polar surface area (TPSA) is 26.5 Å². The van der Waals surface area contributed by atoms with Crippen LogP contribution in [-0.4, -0.2) is 16.5 Å². The van der Waals surface area contributed by atoms with Crippen molar-refractivity contribution in [1.29, 1.82) is 0 Å². The van der Waals surface area contributed by atoms with Crippen LogP contribution in [-0.2, 0) is 0 Å². The molecule has 0 N–H and O–H groups in total. The lowest BCUT2D eigenvalue weighted by Gasteiger charge is -2.02. The molecule has 3 nitrogen and oxygen atoms in total. The van der Waals surface area contributed by atoms with Crippen molar-refractivity contribution in [2.75, 3.05) is 7.11 Å². The number of hydrogen-bond acceptors (Lipinski definition) is 3. The third-order valence-electron chi connectivity index (χ3n) is 3.50. The van der Waals surface area contributed by atoms with Gasteiger partial charge in [-0.15, -0.1) is 0 Å². The van der Waals surface area contributed by atoms with Crippen LogP contribution >= 0.6 is 27.3 Å². The first kappa shape index (κ1) is 13.7. The van der Waals surface area contributed by atoms with Crippen molar-refractivity contribution in [2.45, 2.75) is 0 Å². The summed E-state index contributed by atoms with van der Waals surface area (Å²) in [5, 5.41) is 0. The number of halogens is 2. The van der Waals surface area contributed by atoms with Crippen LogP contribution in [0, 0.1) is 5.82 Å². The van der Waals surface area contributed by atoms with Gasteiger partial charge in [0.15, 0.2) is 16.5 Å². The van der Waals surface area contributed by atoms with Crippen LogP contribution < -0.4 is 4.74 Å². The second-order valence-electron chi connectivity index (χ2n) is 4.84. The predicted octanol–water partition coefficient (Wildman–Crippen LogP) is 5.13. The Morgan fingerprint density at radius 1 is 1.23 bits per heavy atom. The molecular weight excluding hydrogens is 367 g/mol. The summed E-state index contributed by atoms with van der Waals surface area (Å²) in [7, 11) is 1.45. The molecular formula is C16H10BrFN2OS. The molecule has 0 aliphatic rings. The summed E-state index contributed by atoms with van der Waals surface area (Å²) in [5.74, 6) is -0.148. The van der Waals surface area contributed by atoms with Gasteiger partial charge in [0.25, 0.3) is 0 Å². The standard InChI is InChI=1S/C16H10BrFN2OS/c1-21-14-5-2-9(6-11(14)18)12-8-20-13-4-3-10(17)7-15(13)22-16(20)19-12/h2-8H,1H3. The lowest BCUT2D eigenvalue weighted by atomic mass is 10.1. The van der Waals surface area contributed by atoms with Crippen molar-refractivity contribution in [3.8, 4) is 17.0 Å². The van der Waals surface area contributed by atoms with E-state index in [4.69, 9.17) is 4.74 Å². The molecule has 0 amide bonds. The second kappa shape index (κ2) is 5.07. The highest BCUT2D eigenvalue weighted by Crippen LogP contribution is 2.32. The fourth-order valence-corrected chi connectivity index (χ4v) is 4.00. The first-order valence-electron chi connectivity index (χ1n) is 6.57. The summed E-state index contributed by atoms with van der Waals surface area (Å²) in [6.45, 7) is 0. The smallest absolute Gasteiger partial charge is 0.195 e. The van der Waals surface area contributed by atoms with Gasteiger partial charge in [0.1, 0.15) is 0 Å². The Morgan fingerprint density at radius 3 is 2.86 bits per heavy atom. The van der Waals surface area contributed by atoms with Gasteiger partial charge in [0.2, 0.25) is 0 Å². The first-order valence-corrected chi connectivity index (χ1v) is 8.18. The quantitative estimate of drug-likeness (QED) is 0.484. The average Bonchev–Trinajstić information content (AvgIpc) is 3.04. The molecule has 0 atom stereocenters. The normalized spacial score (nSPS) is 11.4. The molecule has 6 heteroatoms. The maximum Gasteiger partial charge on any atom is 0.195 e. The van der Waals surface area contributed by atoms with Crippen LogP contribution in [0.2, 0.25) is 0 Å². The summed E-state index contributed by atoms with van der Waals surface area (Å²) in [6, 6.07) is 11.0. The molecule has 0 spiro atoms. The van der Waals surface area contributed by atoms with Crippen LogP contribution in [0.15, 0.2) is 47.1 Å². The second-order valence-corrected chi connectivity index (χ2v) is 6.77. The summed E-state index contributed by atoms with van der Waals surface area (Å²) in [4.78, 5) is 5.49. The Kier molecular flexibility index (Phi) is 3.16. The third-order valence-corrected chi connectivity index (χ3v) is 5.01. The minimum atomic E-state index is -0.384. The number of rotatable bonds is 2. The van der Waals surface area contributed by atoms with E-state index in [-0.39, 0.29) is 11.6 Å². The van der Waals surface area contributed by atoms with Crippen molar-refractivity contribution < 1.29 is 9.13 Å². The van der Waals surface area contributed by atoms with Gasteiger partial charge in [-0.05, 0) is 36.4 Å². The zero-order valence-corrected chi connectivity index (χ0v) is 13.9. The minimum absolute atomic E-state index is 0.236. The molecule has 0 bridgehead atoms. The Hall–Kier alpha value is -1.92. The fourth-order valence-electron chi connectivity index (χ4n) is 2.44. The molecule has 0 unspecified atom stereocenters. The lowest BCUT2D eigenvalue weighted by Crippen LogP contribution is -1.88. The van der Waals surface area contributed by atoms with Crippen molar-refractivity contribution in [3.63, 3.8) is 0 Å². The van der Waals surface area contributed by atoms with Gasteiger partial charge in [0, 0.05) is 16.2 Å². The number of fused-ring (bicyclic) bond motifs is 3. The maximum atomic E-state index is 13.9. The zero-order chi connectivity index (χ0) is 15.3. The minimum Gasteiger partial charge on any atom is -0.494 e. The van der Waals surface area contributed by atoms with E-state index in [2.05, 4.69) is 27.0 Å². The SMILES string of the molecule is COc1ccc(-c2cn3c(n2)sc2cc(Br)ccc23)cc1F. The molecule has 0 fully saturated rings. The highest BCUT2D eigenvalue weighted by Gasteiger charge is 2.12. The molecule has 0 radical (unpaired) electrons. The Labute approximate surface area is 138 Å². The molecule has 22 heavy (non-hydrogen) atoms. The molecule has 0 aliphatic carbocycles. The number of methoxy groups -OCH3 is 1. The van der Waals surface area contributed by atoms with E-state index in [1.807, 2.05) is 28.8 Å². The number of benzene rings is 2. The molecule has 0 saturated heterocycles. The van der Waals surface area contributed by atoms with Gasteiger partial charge < -0.3 is 4.74 Å². The van der Waals surface area contributed by atoms with E-state index in [9.17, 15) is 4.39 Å². The van der Waals surface area contributed by atoms with Crippen LogP contribution in [0.3, 0.4) is 0 Å². The van der Waals surface area contributed by atoms with E-state index < -0.39 is 0 Å². The highest BCUT2D eigenvalue weighted by molar-refractivity contribution is 9.10. The molecule has 4 aromatic rings. The molecule has 0 aliphatic heterocycles. The summed E-state index contributed by atoms with van der Waals surface area (Å²) < 4.78 is 23.0. The molecule has 110 valence electrons. The van der Waals surface area contributed by atoms with Crippen molar-refractivity contribution >= 4 is 42.4 Å². The Morgan fingerprint density at radius 2 is 2.09 bits per heavy atom. The van der Waals surface area contributed by atoms with Gasteiger partial charge >= 0.3 is 0 Å². The summed E-state index contributed by atoms with van der Waals surface area (Å²) >= 11 is 5.08. The van der Waals surface area contributed by atoms with Crippen LogP contribution in [0.4, 0.5) is 4.39 Å². The molecule has 2 aromatic heterocycles. The number of imidazole rings is 1. The lowest BCUT2D eigenvalue weighted by molar-refractivity contribution is 0.386. The largest absolute Gasteiger partial charge is 0.494 e. The maximum absolute atomic E-state index is 13.9. The monoisotopic (exact) mass is 376 g/mol. The van der Waals surface area contributed by atoms with E-state index in [0.29, 0.717) is 0 Å². The average molecular weight is 377 g/mol. The van der Waals surface area contributed by atoms with Gasteiger partial charge in [-0.1, -0.05) is 27.3 Å². The number of nitrogens with zero attached hydrogens (tertiary/aromatic N) is 2. The Balaban J connectivity index is 1.87. The molecule has 2 heterocycles. The number of hydrogen-bond donors (Lipinski definition) is 0. The van der Waals surface area contributed by atoms with E-state index in [1.54, 1.807) is 17.4 Å². The first-order chi connectivity index (χ1) is 10.7. The van der Waals surface area contributed by atoms with Crippen LogP contribution in [0.5, 0.6) is 5.75 Å². The van der Waals surface area contributed by atoms with Crippen molar-refractivity contribution in [2.24, 2.45) is 0 Å². The van der Waals surface area contributed by atoms with Gasteiger partial charge in [-0.3, -0.25) is 4.40 Å². The molecule has 4 rings (SSSR count). The van der Waals surface area contributed by atoms with E-state index >= 15 is 0 Å². The predicted molar refractivity (Wildman–Crippen MR) is 90.2 cm³/mol. The highest BCUT2D eigenvalue weighted by atomic mass is 79.9. The van der Waals surface area contributed by atoms with Gasteiger partial charge in [-0.2, -0.15) is 0 Å². The third kappa shape index (κ3) is 2.10. The Bertz CT molecular complexity index is 1010. The zero-order valence-electron chi connectivity index (χ0n) is 11.5.